The number of rotatable bonds is 5. The third-order valence-corrected chi connectivity index (χ3v) is 6.20. The lowest BCUT2D eigenvalue weighted by molar-refractivity contribution is -0.133. The molecule has 1 saturated heterocycles. The van der Waals surface area contributed by atoms with Crippen molar-refractivity contribution in [3.63, 3.8) is 0 Å². The van der Waals surface area contributed by atoms with E-state index in [4.69, 9.17) is 4.74 Å². The van der Waals surface area contributed by atoms with Gasteiger partial charge < -0.3 is 14.7 Å². The quantitative estimate of drug-likeness (QED) is 0.867. The topological polar surface area (TPSA) is 53.0 Å². The van der Waals surface area contributed by atoms with Crippen LogP contribution in [0, 0.1) is 5.92 Å². The number of benzene rings is 1. The Labute approximate surface area is 149 Å². The van der Waals surface area contributed by atoms with Gasteiger partial charge in [0, 0.05) is 44.6 Å². The van der Waals surface area contributed by atoms with Crippen LogP contribution in [0.15, 0.2) is 24.3 Å². The van der Waals surface area contributed by atoms with Gasteiger partial charge in [0.2, 0.25) is 5.91 Å². The standard InChI is InChI=1S/C20H28N2O3/c1-21(13-16(23)14-22-8-10-25-11-9-22)19(24)18-12-20(18)7-6-15-4-2-3-5-17(15)20/h2-5,16,18,23H,6-14H2,1H3/t16-,18+,20+/m0/s1. The lowest BCUT2D eigenvalue weighted by atomic mass is 9.95. The molecule has 2 fully saturated rings. The molecule has 5 nitrogen and oxygen atoms in total. The van der Waals surface area contributed by atoms with Crippen LogP contribution >= 0.6 is 0 Å². The Morgan fingerprint density at radius 2 is 2.16 bits per heavy atom. The molecule has 1 amide bonds. The van der Waals surface area contributed by atoms with Crippen LogP contribution in [-0.4, -0.2) is 73.4 Å². The first-order valence-electron chi connectivity index (χ1n) is 9.42. The minimum absolute atomic E-state index is 0.0805. The second-order valence-corrected chi connectivity index (χ2v) is 7.86. The number of hydrogen-bond donors (Lipinski definition) is 1. The Bertz CT molecular complexity index is 644. The first kappa shape index (κ1) is 17.0. The molecule has 1 N–H and O–H groups in total. The Kier molecular flexibility index (Phi) is 4.56. The molecule has 1 spiro atoms. The second kappa shape index (κ2) is 6.71. The van der Waals surface area contributed by atoms with Gasteiger partial charge in [0.25, 0.3) is 0 Å². The fraction of sp³-hybridized carbons (Fsp3) is 0.650. The first-order valence-corrected chi connectivity index (χ1v) is 9.42. The van der Waals surface area contributed by atoms with Crippen molar-refractivity contribution in [3.8, 4) is 0 Å². The van der Waals surface area contributed by atoms with Gasteiger partial charge in [-0.15, -0.1) is 0 Å². The van der Waals surface area contributed by atoms with Crippen molar-refractivity contribution < 1.29 is 14.6 Å². The lowest BCUT2D eigenvalue weighted by Crippen LogP contribution is -2.45. The maximum atomic E-state index is 12.9. The molecule has 3 atom stereocenters. The molecule has 1 heterocycles. The van der Waals surface area contributed by atoms with Crippen LogP contribution in [0.5, 0.6) is 0 Å². The molecular formula is C20H28N2O3. The highest BCUT2D eigenvalue weighted by molar-refractivity contribution is 5.85. The van der Waals surface area contributed by atoms with E-state index in [-0.39, 0.29) is 17.2 Å². The van der Waals surface area contributed by atoms with Gasteiger partial charge in [-0.1, -0.05) is 24.3 Å². The molecule has 1 aliphatic heterocycles. The number of carbonyl (C=O) groups is 1. The highest BCUT2D eigenvalue weighted by atomic mass is 16.5. The van der Waals surface area contributed by atoms with Gasteiger partial charge in [0.1, 0.15) is 0 Å². The number of carbonyl (C=O) groups excluding carboxylic acids is 1. The number of hydrogen-bond acceptors (Lipinski definition) is 4. The summed E-state index contributed by atoms with van der Waals surface area (Å²) in [5.41, 5.74) is 2.88. The van der Waals surface area contributed by atoms with Crippen LogP contribution in [0.1, 0.15) is 24.0 Å². The molecule has 0 aromatic heterocycles. The van der Waals surface area contributed by atoms with Gasteiger partial charge in [-0.05, 0) is 30.4 Å². The van der Waals surface area contributed by atoms with Gasteiger partial charge in [-0.2, -0.15) is 0 Å². The largest absolute Gasteiger partial charge is 0.390 e. The molecule has 0 unspecified atom stereocenters. The van der Waals surface area contributed by atoms with E-state index in [1.807, 2.05) is 7.05 Å². The Balaban J connectivity index is 1.33. The number of ether oxygens (including phenoxy) is 1. The molecule has 1 saturated carbocycles. The molecule has 25 heavy (non-hydrogen) atoms. The zero-order chi connectivity index (χ0) is 17.4. The number of amides is 1. The van der Waals surface area contributed by atoms with E-state index in [2.05, 4.69) is 29.2 Å². The van der Waals surface area contributed by atoms with Crippen LogP contribution in [0.3, 0.4) is 0 Å². The minimum atomic E-state index is -0.502. The van der Waals surface area contributed by atoms with Gasteiger partial charge in [0.15, 0.2) is 0 Å². The summed E-state index contributed by atoms with van der Waals surface area (Å²) in [6.07, 6.45) is 2.64. The van der Waals surface area contributed by atoms with Crippen molar-refractivity contribution in [3.05, 3.63) is 35.4 Å². The normalized spacial score (nSPS) is 29.4. The molecule has 2 aliphatic carbocycles. The number of β-amino-alcohol motifs (C(OH)–C–C–N with tert-alkyl or cyclic N) is 1. The minimum Gasteiger partial charge on any atom is -0.390 e. The van der Waals surface area contributed by atoms with E-state index in [0.717, 1.165) is 45.6 Å². The summed E-state index contributed by atoms with van der Waals surface area (Å²) in [5, 5.41) is 10.4. The smallest absolute Gasteiger partial charge is 0.226 e. The van der Waals surface area contributed by atoms with E-state index < -0.39 is 6.10 Å². The lowest BCUT2D eigenvalue weighted by Gasteiger charge is -2.30. The third-order valence-electron chi connectivity index (χ3n) is 6.20. The van der Waals surface area contributed by atoms with Crippen molar-refractivity contribution in [1.82, 2.24) is 9.80 Å². The molecule has 136 valence electrons. The summed E-state index contributed by atoms with van der Waals surface area (Å²) in [6, 6.07) is 8.56. The van der Waals surface area contributed by atoms with E-state index >= 15 is 0 Å². The molecule has 4 rings (SSSR count). The molecule has 5 heteroatoms. The first-order chi connectivity index (χ1) is 12.1. The summed E-state index contributed by atoms with van der Waals surface area (Å²) in [4.78, 5) is 16.8. The number of likely N-dealkylation sites (N-methyl/N-ethyl adjacent to an activating group) is 1. The molecular weight excluding hydrogens is 316 g/mol. The Morgan fingerprint density at radius 3 is 2.96 bits per heavy atom. The summed E-state index contributed by atoms with van der Waals surface area (Å²) < 4.78 is 5.33. The summed E-state index contributed by atoms with van der Waals surface area (Å²) in [7, 11) is 1.83. The predicted octanol–water partition coefficient (Wildman–Crippen LogP) is 1.04. The van der Waals surface area contributed by atoms with E-state index in [0.29, 0.717) is 13.1 Å². The van der Waals surface area contributed by atoms with Crippen LogP contribution < -0.4 is 0 Å². The van der Waals surface area contributed by atoms with Crippen LogP contribution in [0.2, 0.25) is 0 Å². The summed E-state index contributed by atoms with van der Waals surface area (Å²) in [6.45, 7) is 4.19. The van der Waals surface area contributed by atoms with Crippen molar-refractivity contribution >= 4 is 5.91 Å². The Morgan fingerprint density at radius 1 is 1.40 bits per heavy atom. The van der Waals surface area contributed by atoms with E-state index in [1.165, 1.54) is 11.1 Å². The van der Waals surface area contributed by atoms with Crippen molar-refractivity contribution in [1.29, 1.82) is 0 Å². The number of fused-ring (bicyclic) bond motifs is 2. The zero-order valence-electron chi connectivity index (χ0n) is 15.0. The number of aliphatic hydroxyl groups excluding tert-OH is 1. The average molecular weight is 344 g/mol. The molecule has 0 bridgehead atoms. The number of aliphatic hydroxyl groups is 1. The second-order valence-electron chi connectivity index (χ2n) is 7.86. The van der Waals surface area contributed by atoms with Gasteiger partial charge in [0.05, 0.1) is 19.3 Å². The van der Waals surface area contributed by atoms with Crippen molar-refractivity contribution in [2.45, 2.75) is 30.8 Å². The number of nitrogens with zero attached hydrogens (tertiary/aromatic N) is 2. The number of aryl methyl sites for hydroxylation is 1. The summed E-state index contributed by atoms with van der Waals surface area (Å²) in [5.74, 6) is 0.287. The van der Waals surface area contributed by atoms with Gasteiger partial charge >= 0.3 is 0 Å². The van der Waals surface area contributed by atoms with E-state index in [1.54, 1.807) is 4.90 Å². The van der Waals surface area contributed by atoms with Crippen LogP contribution in [-0.2, 0) is 21.4 Å². The molecule has 0 radical (unpaired) electrons. The van der Waals surface area contributed by atoms with Gasteiger partial charge in [-0.3, -0.25) is 9.69 Å². The molecule has 1 aromatic rings. The number of morpholine rings is 1. The maximum Gasteiger partial charge on any atom is 0.226 e. The third kappa shape index (κ3) is 3.21. The summed E-state index contributed by atoms with van der Waals surface area (Å²) >= 11 is 0. The Hall–Kier alpha value is -1.43. The fourth-order valence-corrected chi connectivity index (χ4v) is 4.73. The molecule has 3 aliphatic rings. The SMILES string of the molecule is CN(C[C@H](O)CN1CCOCC1)C(=O)[C@H]1C[C@@]12CCc1ccccc12. The fourth-order valence-electron chi connectivity index (χ4n) is 4.73. The van der Waals surface area contributed by atoms with Crippen molar-refractivity contribution in [2.24, 2.45) is 5.92 Å². The monoisotopic (exact) mass is 344 g/mol. The molecule has 1 aromatic carbocycles. The van der Waals surface area contributed by atoms with Crippen molar-refractivity contribution in [2.75, 3.05) is 46.4 Å². The average Bonchev–Trinajstić information content (AvgIpc) is 3.24. The highest BCUT2D eigenvalue weighted by Gasteiger charge is 2.61. The zero-order valence-corrected chi connectivity index (χ0v) is 15.0. The van der Waals surface area contributed by atoms with E-state index in [9.17, 15) is 9.90 Å². The highest BCUT2D eigenvalue weighted by Crippen LogP contribution is 2.61. The predicted molar refractivity (Wildman–Crippen MR) is 95.5 cm³/mol. The van der Waals surface area contributed by atoms with Gasteiger partial charge in [-0.25, -0.2) is 0 Å². The maximum absolute atomic E-state index is 12.9. The van der Waals surface area contributed by atoms with Crippen LogP contribution in [0.4, 0.5) is 0 Å². The van der Waals surface area contributed by atoms with Crippen LogP contribution in [0.25, 0.3) is 0 Å².